The Morgan fingerprint density at radius 3 is 2.44 bits per heavy atom. The fraction of sp³-hybridized carbons (Fsp3) is 0.455. The van der Waals surface area contributed by atoms with Crippen molar-refractivity contribution in [1.82, 2.24) is 0 Å². The summed E-state index contributed by atoms with van der Waals surface area (Å²) in [6.45, 7) is 1.82. The molecule has 0 bridgehead atoms. The summed E-state index contributed by atoms with van der Waals surface area (Å²) in [5, 5.41) is 9.61. The second-order valence-corrected chi connectivity index (χ2v) is 4.65. The molecule has 5 heteroatoms. The normalized spacial score (nSPS) is 13.9. The van der Waals surface area contributed by atoms with Crippen LogP contribution in [0.15, 0.2) is 22.7 Å². The first-order valence-corrected chi connectivity index (χ1v) is 5.59. The Bertz CT molecular complexity index is 342. The highest BCUT2D eigenvalue weighted by atomic mass is 79.9. The molecule has 1 unspecified atom stereocenters. The lowest BCUT2D eigenvalue weighted by atomic mass is 10.0. The zero-order chi connectivity index (χ0) is 12.3. The Hall–Kier alpha value is -0.550. The van der Waals surface area contributed by atoms with Crippen molar-refractivity contribution in [3.8, 4) is 0 Å². The maximum atomic E-state index is 12.0. The Morgan fingerprint density at radius 1 is 1.31 bits per heavy atom. The molecule has 1 N–H and O–H groups in total. The van der Waals surface area contributed by atoms with Crippen molar-refractivity contribution >= 4 is 15.9 Å². The second kappa shape index (κ2) is 5.19. The van der Waals surface area contributed by atoms with E-state index in [2.05, 4.69) is 15.9 Å². The average molecular weight is 297 g/mol. The maximum Gasteiger partial charge on any atom is 0.389 e. The van der Waals surface area contributed by atoms with Gasteiger partial charge in [-0.05, 0) is 36.6 Å². The van der Waals surface area contributed by atoms with Crippen molar-refractivity contribution in [1.29, 1.82) is 0 Å². The van der Waals surface area contributed by atoms with E-state index < -0.39 is 18.7 Å². The van der Waals surface area contributed by atoms with E-state index in [-0.39, 0.29) is 6.42 Å². The van der Waals surface area contributed by atoms with E-state index in [1.165, 1.54) is 0 Å². The van der Waals surface area contributed by atoms with Crippen molar-refractivity contribution in [2.24, 2.45) is 0 Å². The third-order valence-corrected chi connectivity index (χ3v) is 2.61. The van der Waals surface area contributed by atoms with Crippen molar-refractivity contribution in [3.63, 3.8) is 0 Å². The Labute approximate surface area is 100 Å². The molecule has 0 fully saturated rings. The third-order valence-electron chi connectivity index (χ3n) is 2.15. The predicted octanol–water partition coefficient (Wildman–Crippen LogP) is 4.13. The minimum absolute atomic E-state index is 0.306. The first-order chi connectivity index (χ1) is 7.28. The molecule has 0 aliphatic rings. The molecule has 16 heavy (non-hydrogen) atoms. The fourth-order valence-electron chi connectivity index (χ4n) is 1.42. The number of aryl methyl sites for hydroxylation is 1. The van der Waals surface area contributed by atoms with Gasteiger partial charge in [0.1, 0.15) is 0 Å². The van der Waals surface area contributed by atoms with Crippen LogP contribution in [-0.4, -0.2) is 11.3 Å². The SMILES string of the molecule is Cc1cc(Br)cc(C(O)CCC(F)(F)F)c1. The van der Waals surface area contributed by atoms with Gasteiger partial charge in [-0.15, -0.1) is 0 Å². The molecule has 1 atom stereocenters. The monoisotopic (exact) mass is 296 g/mol. The summed E-state index contributed by atoms with van der Waals surface area (Å²) in [5.74, 6) is 0. The minimum atomic E-state index is -4.22. The van der Waals surface area contributed by atoms with E-state index in [0.29, 0.717) is 5.56 Å². The maximum absolute atomic E-state index is 12.0. The molecule has 0 aliphatic heterocycles. The van der Waals surface area contributed by atoms with Crippen LogP contribution in [0.5, 0.6) is 0 Å². The zero-order valence-corrected chi connectivity index (χ0v) is 10.3. The molecular weight excluding hydrogens is 285 g/mol. The van der Waals surface area contributed by atoms with Gasteiger partial charge in [0.05, 0.1) is 6.10 Å². The van der Waals surface area contributed by atoms with Gasteiger partial charge in [-0.3, -0.25) is 0 Å². The molecule has 1 aromatic rings. The van der Waals surface area contributed by atoms with Gasteiger partial charge in [-0.2, -0.15) is 13.2 Å². The first kappa shape index (κ1) is 13.5. The summed E-state index contributed by atoms with van der Waals surface area (Å²) in [6.07, 6.45) is -6.57. The van der Waals surface area contributed by atoms with Crippen LogP contribution in [0.1, 0.15) is 30.1 Å². The number of hydrogen-bond acceptors (Lipinski definition) is 1. The summed E-state index contributed by atoms with van der Waals surface area (Å²) in [4.78, 5) is 0. The smallest absolute Gasteiger partial charge is 0.388 e. The summed E-state index contributed by atoms with van der Waals surface area (Å²) < 4.78 is 36.7. The van der Waals surface area contributed by atoms with E-state index in [4.69, 9.17) is 0 Å². The Balaban J connectivity index is 2.69. The van der Waals surface area contributed by atoms with E-state index >= 15 is 0 Å². The van der Waals surface area contributed by atoms with Crippen LogP contribution in [0.2, 0.25) is 0 Å². The lowest BCUT2D eigenvalue weighted by molar-refractivity contribution is -0.140. The minimum Gasteiger partial charge on any atom is -0.388 e. The van der Waals surface area contributed by atoms with Crippen LogP contribution in [-0.2, 0) is 0 Å². The van der Waals surface area contributed by atoms with Gasteiger partial charge in [-0.1, -0.05) is 22.0 Å². The lowest BCUT2D eigenvalue weighted by Gasteiger charge is -2.13. The van der Waals surface area contributed by atoms with Crippen LogP contribution in [0, 0.1) is 6.92 Å². The number of alkyl halides is 3. The molecule has 90 valence electrons. The number of benzene rings is 1. The van der Waals surface area contributed by atoms with Crippen LogP contribution in [0.25, 0.3) is 0 Å². The highest BCUT2D eigenvalue weighted by molar-refractivity contribution is 9.10. The highest BCUT2D eigenvalue weighted by Gasteiger charge is 2.28. The molecule has 0 aromatic heterocycles. The quantitative estimate of drug-likeness (QED) is 0.889. The summed E-state index contributed by atoms with van der Waals surface area (Å²) >= 11 is 3.24. The molecule has 0 saturated carbocycles. The second-order valence-electron chi connectivity index (χ2n) is 3.73. The number of halogens is 4. The van der Waals surface area contributed by atoms with Gasteiger partial charge >= 0.3 is 6.18 Å². The number of rotatable bonds is 3. The van der Waals surface area contributed by atoms with Gasteiger partial charge in [0.15, 0.2) is 0 Å². The molecule has 1 rings (SSSR count). The van der Waals surface area contributed by atoms with Gasteiger partial charge in [0.2, 0.25) is 0 Å². The van der Waals surface area contributed by atoms with E-state index in [1.807, 2.05) is 13.0 Å². The lowest BCUT2D eigenvalue weighted by Crippen LogP contribution is -2.10. The van der Waals surface area contributed by atoms with Crippen LogP contribution in [0.4, 0.5) is 13.2 Å². The molecule has 0 radical (unpaired) electrons. The summed E-state index contributed by atoms with van der Waals surface area (Å²) in [5.41, 5.74) is 1.41. The van der Waals surface area contributed by atoms with Gasteiger partial charge in [0, 0.05) is 10.9 Å². The summed E-state index contributed by atoms with van der Waals surface area (Å²) in [6, 6.07) is 5.15. The van der Waals surface area contributed by atoms with E-state index in [0.717, 1.165) is 10.0 Å². The molecule has 0 saturated heterocycles. The molecule has 1 nitrogen and oxygen atoms in total. The van der Waals surface area contributed by atoms with Crippen molar-refractivity contribution in [3.05, 3.63) is 33.8 Å². The number of aliphatic hydroxyl groups excluding tert-OH is 1. The molecule has 0 spiro atoms. The van der Waals surface area contributed by atoms with Crippen molar-refractivity contribution in [2.45, 2.75) is 32.0 Å². The topological polar surface area (TPSA) is 20.2 Å². The van der Waals surface area contributed by atoms with Crippen LogP contribution >= 0.6 is 15.9 Å². The molecule has 0 amide bonds. The Kier molecular flexibility index (Phi) is 4.38. The fourth-order valence-corrected chi connectivity index (χ4v) is 2.05. The highest BCUT2D eigenvalue weighted by Crippen LogP contribution is 2.29. The standard InChI is InChI=1S/C11H12BrF3O/c1-7-4-8(6-9(12)5-7)10(16)2-3-11(13,14)15/h4-6,10,16H,2-3H2,1H3. The molecule has 1 aromatic carbocycles. The molecule has 0 aliphatic carbocycles. The third kappa shape index (κ3) is 4.53. The van der Waals surface area contributed by atoms with Crippen molar-refractivity contribution < 1.29 is 18.3 Å². The van der Waals surface area contributed by atoms with Gasteiger partial charge in [0.25, 0.3) is 0 Å². The van der Waals surface area contributed by atoms with E-state index in [1.54, 1.807) is 12.1 Å². The predicted molar refractivity (Wildman–Crippen MR) is 59.1 cm³/mol. The Morgan fingerprint density at radius 2 is 1.94 bits per heavy atom. The van der Waals surface area contributed by atoms with E-state index in [9.17, 15) is 18.3 Å². The molecule has 0 heterocycles. The summed E-state index contributed by atoms with van der Waals surface area (Å²) in [7, 11) is 0. The van der Waals surface area contributed by atoms with Crippen LogP contribution in [0.3, 0.4) is 0 Å². The zero-order valence-electron chi connectivity index (χ0n) is 8.68. The van der Waals surface area contributed by atoms with Crippen molar-refractivity contribution in [2.75, 3.05) is 0 Å². The van der Waals surface area contributed by atoms with Gasteiger partial charge < -0.3 is 5.11 Å². The average Bonchev–Trinajstić information content (AvgIpc) is 2.11. The van der Waals surface area contributed by atoms with Gasteiger partial charge in [-0.25, -0.2) is 0 Å². The number of hydrogen-bond donors (Lipinski definition) is 1. The molecular formula is C11H12BrF3O. The first-order valence-electron chi connectivity index (χ1n) is 4.80. The van der Waals surface area contributed by atoms with Crippen LogP contribution < -0.4 is 0 Å². The largest absolute Gasteiger partial charge is 0.389 e. The number of aliphatic hydroxyl groups is 1.